The van der Waals surface area contributed by atoms with Crippen molar-refractivity contribution >= 4 is 11.8 Å². The maximum Gasteiger partial charge on any atom is 0.253 e. The number of nitrogens with zero attached hydrogens (tertiary/aromatic N) is 3. The fraction of sp³-hybridized carbons (Fsp3) is 0.421. The van der Waals surface area contributed by atoms with E-state index in [-0.39, 0.29) is 17.9 Å². The predicted molar refractivity (Wildman–Crippen MR) is 99.1 cm³/mol. The lowest BCUT2D eigenvalue weighted by molar-refractivity contribution is -0.119. The smallest absolute Gasteiger partial charge is 0.253 e. The van der Waals surface area contributed by atoms with E-state index < -0.39 is 0 Å². The van der Waals surface area contributed by atoms with E-state index in [0.29, 0.717) is 12.1 Å². The van der Waals surface area contributed by atoms with E-state index in [1.165, 1.54) is 6.92 Å². The Morgan fingerprint density at radius 1 is 1.31 bits per heavy atom. The summed E-state index contributed by atoms with van der Waals surface area (Å²) < 4.78 is 1.82. The van der Waals surface area contributed by atoms with Crippen molar-refractivity contribution < 1.29 is 9.59 Å². The highest BCUT2D eigenvalue weighted by Gasteiger charge is 2.21. The van der Waals surface area contributed by atoms with Crippen LogP contribution in [0.3, 0.4) is 0 Å². The van der Waals surface area contributed by atoms with E-state index in [4.69, 9.17) is 0 Å². The molecule has 2 heterocycles. The summed E-state index contributed by atoms with van der Waals surface area (Å²) in [4.78, 5) is 30.4. The SMILES string of the molecule is CC(=O)NCc1cn(-c2ccccc2C(=O)NC2CCCN(C)C2)cn1. The van der Waals surface area contributed by atoms with Crippen LogP contribution in [0.5, 0.6) is 0 Å². The second-order valence-corrected chi connectivity index (χ2v) is 6.77. The summed E-state index contributed by atoms with van der Waals surface area (Å²) in [7, 11) is 2.08. The largest absolute Gasteiger partial charge is 0.351 e. The molecule has 1 aromatic carbocycles. The Labute approximate surface area is 153 Å². The lowest BCUT2D eigenvalue weighted by atomic mass is 10.1. The maximum absolute atomic E-state index is 12.8. The summed E-state index contributed by atoms with van der Waals surface area (Å²) in [6, 6.07) is 7.65. The van der Waals surface area contributed by atoms with Gasteiger partial charge in [-0.1, -0.05) is 12.1 Å². The van der Waals surface area contributed by atoms with Crippen LogP contribution in [0.15, 0.2) is 36.8 Å². The first-order valence-electron chi connectivity index (χ1n) is 8.89. The summed E-state index contributed by atoms with van der Waals surface area (Å²) >= 11 is 0. The maximum atomic E-state index is 12.8. The van der Waals surface area contributed by atoms with Gasteiger partial charge in [0.1, 0.15) is 0 Å². The predicted octanol–water partition coefficient (Wildman–Crippen LogP) is 1.33. The van der Waals surface area contributed by atoms with Gasteiger partial charge >= 0.3 is 0 Å². The summed E-state index contributed by atoms with van der Waals surface area (Å²) in [5.41, 5.74) is 2.13. The molecule has 3 rings (SSSR count). The molecule has 0 radical (unpaired) electrons. The molecule has 1 saturated heterocycles. The van der Waals surface area contributed by atoms with Crippen molar-refractivity contribution in [3.8, 4) is 5.69 Å². The number of benzene rings is 1. The highest BCUT2D eigenvalue weighted by molar-refractivity contribution is 5.98. The van der Waals surface area contributed by atoms with Gasteiger partial charge in [0, 0.05) is 25.7 Å². The van der Waals surface area contributed by atoms with Crippen molar-refractivity contribution in [2.45, 2.75) is 32.4 Å². The third-order valence-corrected chi connectivity index (χ3v) is 4.54. The van der Waals surface area contributed by atoms with Crippen molar-refractivity contribution in [3.63, 3.8) is 0 Å². The van der Waals surface area contributed by atoms with Gasteiger partial charge in [-0.15, -0.1) is 0 Å². The number of likely N-dealkylation sites (N-methyl/N-ethyl adjacent to an activating group) is 1. The highest BCUT2D eigenvalue weighted by Crippen LogP contribution is 2.16. The second-order valence-electron chi connectivity index (χ2n) is 6.77. The van der Waals surface area contributed by atoms with E-state index in [0.717, 1.165) is 37.3 Å². The first-order chi connectivity index (χ1) is 12.5. The number of imidazole rings is 1. The molecule has 7 heteroatoms. The van der Waals surface area contributed by atoms with Crippen molar-refractivity contribution in [1.82, 2.24) is 25.1 Å². The van der Waals surface area contributed by atoms with Crippen LogP contribution in [0, 0.1) is 0 Å². The summed E-state index contributed by atoms with van der Waals surface area (Å²) in [6.45, 7) is 3.79. The molecule has 0 aliphatic carbocycles. The Kier molecular flexibility index (Phi) is 5.68. The highest BCUT2D eigenvalue weighted by atomic mass is 16.2. The van der Waals surface area contributed by atoms with E-state index >= 15 is 0 Å². The Hall–Kier alpha value is -2.67. The molecule has 1 aliphatic heterocycles. The lowest BCUT2D eigenvalue weighted by Gasteiger charge is -2.30. The quantitative estimate of drug-likeness (QED) is 0.848. The van der Waals surface area contributed by atoms with Crippen LogP contribution in [0.4, 0.5) is 0 Å². The number of rotatable bonds is 5. The zero-order valence-electron chi connectivity index (χ0n) is 15.2. The van der Waals surface area contributed by atoms with Crippen LogP contribution in [-0.2, 0) is 11.3 Å². The summed E-state index contributed by atoms with van der Waals surface area (Å²) in [6.07, 6.45) is 5.59. The van der Waals surface area contributed by atoms with Crippen LogP contribution in [0.2, 0.25) is 0 Å². The van der Waals surface area contributed by atoms with Crippen LogP contribution in [0.25, 0.3) is 5.69 Å². The second kappa shape index (κ2) is 8.14. The topological polar surface area (TPSA) is 79.3 Å². The number of aromatic nitrogens is 2. The average Bonchev–Trinajstić information content (AvgIpc) is 3.09. The van der Waals surface area contributed by atoms with Gasteiger partial charge < -0.3 is 20.1 Å². The number of hydrogen-bond acceptors (Lipinski definition) is 4. The fourth-order valence-electron chi connectivity index (χ4n) is 3.24. The van der Waals surface area contributed by atoms with Gasteiger partial charge in [0.15, 0.2) is 0 Å². The molecule has 26 heavy (non-hydrogen) atoms. The molecule has 1 aliphatic rings. The molecule has 0 bridgehead atoms. The molecule has 2 amide bonds. The molecule has 1 atom stereocenters. The summed E-state index contributed by atoms with van der Waals surface area (Å²) in [5.74, 6) is -0.171. The van der Waals surface area contributed by atoms with Gasteiger partial charge in [0.25, 0.3) is 5.91 Å². The molecule has 1 unspecified atom stereocenters. The number of piperidine rings is 1. The number of amides is 2. The minimum Gasteiger partial charge on any atom is -0.351 e. The number of carbonyl (C=O) groups excluding carboxylic acids is 2. The van der Waals surface area contributed by atoms with E-state index in [2.05, 4.69) is 27.6 Å². The fourth-order valence-corrected chi connectivity index (χ4v) is 3.24. The molecule has 2 aromatic rings. The number of carbonyl (C=O) groups is 2. The first kappa shape index (κ1) is 18.1. The van der Waals surface area contributed by atoms with Gasteiger partial charge in [-0.05, 0) is 38.6 Å². The Morgan fingerprint density at radius 2 is 2.12 bits per heavy atom. The molecule has 2 N–H and O–H groups in total. The number of nitrogens with one attached hydrogen (secondary N) is 2. The van der Waals surface area contributed by atoms with Crippen LogP contribution >= 0.6 is 0 Å². The normalized spacial score (nSPS) is 17.7. The van der Waals surface area contributed by atoms with Crippen molar-refractivity contribution in [1.29, 1.82) is 0 Å². The van der Waals surface area contributed by atoms with Gasteiger partial charge in [0.2, 0.25) is 5.91 Å². The van der Waals surface area contributed by atoms with E-state index in [1.54, 1.807) is 6.33 Å². The van der Waals surface area contributed by atoms with E-state index in [1.807, 2.05) is 35.0 Å². The molecule has 7 nitrogen and oxygen atoms in total. The minimum atomic E-state index is -0.100. The zero-order valence-corrected chi connectivity index (χ0v) is 15.2. The molecule has 138 valence electrons. The third kappa shape index (κ3) is 4.49. The first-order valence-corrected chi connectivity index (χ1v) is 8.89. The Bertz CT molecular complexity index is 786. The van der Waals surface area contributed by atoms with Crippen LogP contribution in [-0.4, -0.2) is 52.4 Å². The lowest BCUT2D eigenvalue weighted by Crippen LogP contribution is -2.46. The standard InChI is InChI=1S/C19H25N5O2/c1-14(25)20-10-16-12-24(13-21-16)18-8-4-3-7-17(18)19(26)22-15-6-5-9-23(2)11-15/h3-4,7-8,12-13,15H,5-6,9-11H2,1-2H3,(H,20,25)(H,22,26). The molecule has 0 saturated carbocycles. The molecular weight excluding hydrogens is 330 g/mol. The Balaban J connectivity index is 1.75. The van der Waals surface area contributed by atoms with Crippen LogP contribution in [0.1, 0.15) is 35.8 Å². The van der Waals surface area contributed by atoms with Gasteiger partial charge in [-0.2, -0.15) is 0 Å². The van der Waals surface area contributed by atoms with Gasteiger partial charge in [0.05, 0.1) is 29.8 Å². The van der Waals surface area contributed by atoms with Crippen molar-refractivity contribution in [2.75, 3.05) is 20.1 Å². The molecule has 0 spiro atoms. The monoisotopic (exact) mass is 355 g/mol. The van der Waals surface area contributed by atoms with E-state index in [9.17, 15) is 9.59 Å². The van der Waals surface area contributed by atoms with Crippen molar-refractivity contribution in [3.05, 3.63) is 48.0 Å². The summed E-state index contributed by atoms with van der Waals surface area (Å²) in [5, 5.41) is 5.87. The molecule has 1 fully saturated rings. The zero-order chi connectivity index (χ0) is 18.5. The number of para-hydroxylation sites is 1. The number of likely N-dealkylation sites (tertiary alicyclic amines) is 1. The Morgan fingerprint density at radius 3 is 2.88 bits per heavy atom. The average molecular weight is 355 g/mol. The minimum absolute atomic E-state index is 0.0713. The molecule has 1 aromatic heterocycles. The number of hydrogen-bond donors (Lipinski definition) is 2. The van der Waals surface area contributed by atoms with Crippen molar-refractivity contribution in [2.24, 2.45) is 0 Å². The molecular formula is C19H25N5O2. The third-order valence-electron chi connectivity index (χ3n) is 4.54. The van der Waals surface area contributed by atoms with Gasteiger partial charge in [-0.3, -0.25) is 9.59 Å². The van der Waals surface area contributed by atoms with Crippen LogP contribution < -0.4 is 10.6 Å². The van der Waals surface area contributed by atoms with Gasteiger partial charge in [-0.25, -0.2) is 4.98 Å².